The highest BCUT2D eigenvalue weighted by atomic mass is 15.3. The molecular formula is C10H17N5. The minimum atomic E-state index is 0.859. The lowest BCUT2D eigenvalue weighted by atomic mass is 10.0. The summed E-state index contributed by atoms with van der Waals surface area (Å²) < 4.78 is 2.01. The van der Waals surface area contributed by atoms with Gasteiger partial charge in [0.15, 0.2) is 0 Å². The Morgan fingerprint density at radius 1 is 1.40 bits per heavy atom. The molecule has 0 bridgehead atoms. The molecule has 0 aromatic carbocycles. The summed E-state index contributed by atoms with van der Waals surface area (Å²) in [5.41, 5.74) is 0. The van der Waals surface area contributed by atoms with Crippen LogP contribution < -0.4 is 5.32 Å². The molecule has 1 aromatic heterocycles. The standard InChI is InChI=1S/C10H17N5/c1-14-7-12-13-10(14)6-15-4-8-2-11-3-9(8)5-15/h7-9,11H,2-6H2,1H3. The molecule has 3 rings (SSSR count). The van der Waals surface area contributed by atoms with Gasteiger partial charge in [0.05, 0.1) is 6.54 Å². The molecule has 2 fully saturated rings. The molecule has 0 aliphatic carbocycles. The van der Waals surface area contributed by atoms with E-state index in [-0.39, 0.29) is 0 Å². The Bertz CT molecular complexity index is 335. The van der Waals surface area contributed by atoms with Gasteiger partial charge in [-0.15, -0.1) is 10.2 Å². The first kappa shape index (κ1) is 9.30. The van der Waals surface area contributed by atoms with Gasteiger partial charge in [0.1, 0.15) is 12.2 Å². The second-order valence-corrected chi connectivity index (χ2v) is 4.73. The number of fused-ring (bicyclic) bond motifs is 1. The predicted molar refractivity (Wildman–Crippen MR) is 56.1 cm³/mol. The van der Waals surface area contributed by atoms with E-state index < -0.39 is 0 Å². The summed E-state index contributed by atoms with van der Waals surface area (Å²) >= 11 is 0. The Morgan fingerprint density at radius 3 is 2.73 bits per heavy atom. The Balaban J connectivity index is 1.64. The van der Waals surface area contributed by atoms with Gasteiger partial charge >= 0.3 is 0 Å². The van der Waals surface area contributed by atoms with Crippen LogP contribution in [0.25, 0.3) is 0 Å². The molecule has 3 heterocycles. The SMILES string of the molecule is Cn1cnnc1CN1CC2CNCC2C1. The monoisotopic (exact) mass is 207 g/mol. The van der Waals surface area contributed by atoms with Gasteiger partial charge in [-0.05, 0) is 24.9 Å². The number of nitrogens with one attached hydrogen (secondary N) is 1. The molecule has 0 amide bonds. The van der Waals surface area contributed by atoms with Crippen LogP contribution in [0.15, 0.2) is 6.33 Å². The average Bonchev–Trinajstić information content (AvgIpc) is 2.83. The van der Waals surface area contributed by atoms with Crippen LogP contribution in [-0.4, -0.2) is 45.8 Å². The summed E-state index contributed by atoms with van der Waals surface area (Å²) in [5, 5.41) is 11.5. The molecule has 15 heavy (non-hydrogen) atoms. The smallest absolute Gasteiger partial charge is 0.146 e. The zero-order valence-corrected chi connectivity index (χ0v) is 9.06. The molecule has 2 atom stereocenters. The van der Waals surface area contributed by atoms with Crippen LogP contribution in [-0.2, 0) is 13.6 Å². The maximum atomic E-state index is 4.13. The van der Waals surface area contributed by atoms with Crippen LogP contribution in [0.3, 0.4) is 0 Å². The third-order valence-electron chi connectivity index (χ3n) is 3.64. The molecule has 0 spiro atoms. The topological polar surface area (TPSA) is 46.0 Å². The molecule has 2 aliphatic heterocycles. The quantitative estimate of drug-likeness (QED) is 0.708. The summed E-state index contributed by atoms with van der Waals surface area (Å²) in [7, 11) is 2.01. The van der Waals surface area contributed by atoms with Crippen molar-refractivity contribution >= 4 is 0 Å². The van der Waals surface area contributed by atoms with Crippen molar-refractivity contribution in [1.29, 1.82) is 0 Å². The van der Waals surface area contributed by atoms with E-state index in [4.69, 9.17) is 0 Å². The first-order valence-electron chi connectivity index (χ1n) is 5.59. The molecule has 2 saturated heterocycles. The summed E-state index contributed by atoms with van der Waals surface area (Å²) in [5.74, 6) is 2.79. The van der Waals surface area contributed by atoms with Crippen molar-refractivity contribution in [1.82, 2.24) is 25.0 Å². The van der Waals surface area contributed by atoms with Crippen LogP contribution in [0, 0.1) is 11.8 Å². The number of nitrogens with zero attached hydrogens (tertiary/aromatic N) is 4. The van der Waals surface area contributed by atoms with E-state index in [1.54, 1.807) is 6.33 Å². The summed E-state index contributed by atoms with van der Waals surface area (Å²) in [6.07, 6.45) is 1.77. The number of rotatable bonds is 2. The van der Waals surface area contributed by atoms with Gasteiger partial charge in [0.25, 0.3) is 0 Å². The van der Waals surface area contributed by atoms with Gasteiger partial charge in [-0.1, -0.05) is 0 Å². The average molecular weight is 207 g/mol. The van der Waals surface area contributed by atoms with Crippen molar-refractivity contribution < 1.29 is 0 Å². The molecule has 5 heteroatoms. The lowest BCUT2D eigenvalue weighted by Crippen LogP contribution is -2.26. The first-order valence-corrected chi connectivity index (χ1v) is 5.59. The number of aromatic nitrogens is 3. The molecule has 5 nitrogen and oxygen atoms in total. The minimum absolute atomic E-state index is 0.859. The van der Waals surface area contributed by atoms with Crippen LogP contribution in [0.2, 0.25) is 0 Å². The Morgan fingerprint density at radius 2 is 2.13 bits per heavy atom. The van der Waals surface area contributed by atoms with Gasteiger partial charge in [-0.3, -0.25) is 4.90 Å². The summed E-state index contributed by atoms with van der Waals surface area (Å²) in [6.45, 7) is 5.76. The zero-order chi connectivity index (χ0) is 10.3. The fourth-order valence-corrected chi connectivity index (χ4v) is 2.73. The van der Waals surface area contributed by atoms with E-state index in [1.807, 2.05) is 11.6 Å². The van der Waals surface area contributed by atoms with Crippen molar-refractivity contribution in [3.63, 3.8) is 0 Å². The Hall–Kier alpha value is -0.940. The number of likely N-dealkylation sites (tertiary alicyclic amines) is 1. The largest absolute Gasteiger partial charge is 0.320 e. The van der Waals surface area contributed by atoms with Gasteiger partial charge in [0.2, 0.25) is 0 Å². The van der Waals surface area contributed by atoms with E-state index in [0.717, 1.165) is 24.2 Å². The maximum absolute atomic E-state index is 4.13. The highest BCUT2D eigenvalue weighted by Crippen LogP contribution is 2.26. The van der Waals surface area contributed by atoms with Gasteiger partial charge in [-0.25, -0.2) is 0 Å². The van der Waals surface area contributed by atoms with Crippen molar-refractivity contribution in [2.45, 2.75) is 6.54 Å². The van der Waals surface area contributed by atoms with Crippen molar-refractivity contribution in [3.05, 3.63) is 12.2 Å². The minimum Gasteiger partial charge on any atom is -0.320 e. The second kappa shape index (κ2) is 3.57. The first-order chi connectivity index (χ1) is 7.33. The summed E-state index contributed by atoms with van der Waals surface area (Å²) in [6, 6.07) is 0. The number of hydrogen-bond acceptors (Lipinski definition) is 4. The third kappa shape index (κ3) is 1.66. The van der Waals surface area contributed by atoms with Crippen LogP contribution in [0.5, 0.6) is 0 Å². The highest BCUT2D eigenvalue weighted by Gasteiger charge is 2.36. The molecule has 2 unspecified atom stereocenters. The Labute approximate surface area is 89.5 Å². The zero-order valence-electron chi connectivity index (χ0n) is 9.06. The van der Waals surface area contributed by atoms with Crippen molar-refractivity contribution in [3.8, 4) is 0 Å². The Kier molecular flexibility index (Phi) is 2.21. The number of hydrogen-bond donors (Lipinski definition) is 1. The molecule has 1 aromatic rings. The molecule has 82 valence electrons. The van der Waals surface area contributed by atoms with Crippen LogP contribution in [0.4, 0.5) is 0 Å². The van der Waals surface area contributed by atoms with E-state index in [0.29, 0.717) is 0 Å². The summed E-state index contributed by atoms with van der Waals surface area (Å²) in [4.78, 5) is 2.50. The van der Waals surface area contributed by atoms with Crippen LogP contribution >= 0.6 is 0 Å². The number of aryl methyl sites for hydroxylation is 1. The molecular weight excluding hydrogens is 190 g/mol. The van der Waals surface area contributed by atoms with E-state index >= 15 is 0 Å². The molecule has 0 radical (unpaired) electrons. The van der Waals surface area contributed by atoms with E-state index in [1.165, 1.54) is 26.2 Å². The van der Waals surface area contributed by atoms with Gasteiger partial charge in [-0.2, -0.15) is 0 Å². The highest BCUT2D eigenvalue weighted by molar-refractivity contribution is 4.94. The van der Waals surface area contributed by atoms with Crippen molar-refractivity contribution in [2.75, 3.05) is 26.2 Å². The van der Waals surface area contributed by atoms with E-state index in [9.17, 15) is 0 Å². The lowest BCUT2D eigenvalue weighted by Gasteiger charge is -2.15. The second-order valence-electron chi connectivity index (χ2n) is 4.73. The molecule has 2 aliphatic rings. The maximum Gasteiger partial charge on any atom is 0.146 e. The normalized spacial score (nSPS) is 31.0. The lowest BCUT2D eigenvalue weighted by molar-refractivity contribution is 0.294. The van der Waals surface area contributed by atoms with Gasteiger partial charge < -0.3 is 9.88 Å². The molecule has 1 N–H and O–H groups in total. The van der Waals surface area contributed by atoms with E-state index in [2.05, 4.69) is 20.4 Å². The van der Waals surface area contributed by atoms with Crippen LogP contribution in [0.1, 0.15) is 5.82 Å². The third-order valence-corrected chi connectivity index (χ3v) is 3.64. The molecule has 0 saturated carbocycles. The van der Waals surface area contributed by atoms with Gasteiger partial charge in [0, 0.05) is 20.1 Å². The fourth-order valence-electron chi connectivity index (χ4n) is 2.73. The predicted octanol–water partition coefficient (Wildman–Crippen LogP) is -0.534. The van der Waals surface area contributed by atoms with Crippen molar-refractivity contribution in [2.24, 2.45) is 18.9 Å². The fraction of sp³-hybridized carbons (Fsp3) is 0.800.